The molecule has 0 fully saturated rings. The summed E-state index contributed by atoms with van der Waals surface area (Å²) in [6.07, 6.45) is 2.19. The zero-order valence-electron chi connectivity index (χ0n) is 9.94. The van der Waals surface area contributed by atoms with E-state index in [4.69, 9.17) is 16.7 Å². The molecule has 90 valence electrons. The summed E-state index contributed by atoms with van der Waals surface area (Å²) in [7, 11) is 0. The van der Waals surface area contributed by atoms with Gasteiger partial charge in [-0.05, 0) is 27.2 Å². The van der Waals surface area contributed by atoms with Crippen LogP contribution in [-0.2, 0) is 0 Å². The van der Waals surface area contributed by atoms with Gasteiger partial charge in [0, 0.05) is 24.8 Å². The fourth-order valence-corrected chi connectivity index (χ4v) is 1.69. The molecule has 0 aromatic carbocycles. The first-order chi connectivity index (χ1) is 7.57. The van der Waals surface area contributed by atoms with Crippen LogP contribution in [0.1, 0.15) is 25.8 Å². The highest BCUT2D eigenvalue weighted by molar-refractivity contribution is 6.30. The number of aliphatic hydroxyl groups is 1. The molecule has 0 aliphatic carbocycles. The maximum atomic E-state index is 8.88. The Balaban J connectivity index is 2.96. The van der Waals surface area contributed by atoms with Gasteiger partial charge in [-0.1, -0.05) is 11.6 Å². The lowest BCUT2D eigenvalue weighted by molar-refractivity contribution is 0.288. The topological polar surface area (TPSA) is 49.2 Å². The maximum Gasteiger partial charge on any atom is 0.137 e. The van der Waals surface area contributed by atoms with Crippen LogP contribution in [0.2, 0.25) is 5.15 Å². The van der Waals surface area contributed by atoms with Crippen molar-refractivity contribution in [2.75, 3.05) is 18.1 Å². The van der Waals surface area contributed by atoms with E-state index >= 15 is 0 Å². The van der Waals surface area contributed by atoms with Crippen molar-refractivity contribution in [3.05, 3.63) is 17.0 Å². The van der Waals surface area contributed by atoms with Crippen molar-refractivity contribution in [2.45, 2.75) is 33.2 Å². The van der Waals surface area contributed by atoms with Crippen LogP contribution in [0.15, 0.2) is 6.33 Å². The standard InChI is InChI=1S/C11H18ClN3O/c1-8(2)15(5-4-6-16)11-9(3)10(12)13-7-14-11/h7-8,16H,4-6H2,1-3H3. The van der Waals surface area contributed by atoms with Gasteiger partial charge >= 0.3 is 0 Å². The van der Waals surface area contributed by atoms with Gasteiger partial charge in [0.2, 0.25) is 0 Å². The minimum absolute atomic E-state index is 0.182. The highest BCUT2D eigenvalue weighted by atomic mass is 35.5. The van der Waals surface area contributed by atoms with Crippen molar-refractivity contribution in [1.82, 2.24) is 9.97 Å². The van der Waals surface area contributed by atoms with Gasteiger partial charge in [0.05, 0.1) is 0 Å². The molecule has 0 bridgehead atoms. The molecule has 0 radical (unpaired) electrons. The smallest absolute Gasteiger partial charge is 0.137 e. The average molecular weight is 244 g/mol. The molecule has 0 spiro atoms. The lowest BCUT2D eigenvalue weighted by atomic mass is 10.2. The van der Waals surface area contributed by atoms with Crippen molar-refractivity contribution in [3.8, 4) is 0 Å². The van der Waals surface area contributed by atoms with Gasteiger partial charge in [-0.15, -0.1) is 0 Å². The summed E-state index contributed by atoms with van der Waals surface area (Å²) in [5, 5.41) is 9.37. The lowest BCUT2D eigenvalue weighted by Crippen LogP contribution is -2.33. The third-order valence-corrected chi connectivity index (χ3v) is 2.83. The second kappa shape index (κ2) is 6.01. The molecule has 16 heavy (non-hydrogen) atoms. The lowest BCUT2D eigenvalue weighted by Gasteiger charge is -2.28. The molecule has 1 rings (SSSR count). The Labute approximate surface area is 101 Å². The number of hydrogen-bond donors (Lipinski definition) is 1. The second-order valence-electron chi connectivity index (χ2n) is 3.98. The first-order valence-electron chi connectivity index (χ1n) is 5.42. The average Bonchev–Trinajstić information content (AvgIpc) is 2.24. The van der Waals surface area contributed by atoms with Gasteiger partial charge in [-0.25, -0.2) is 9.97 Å². The number of halogens is 1. The molecular weight excluding hydrogens is 226 g/mol. The molecule has 0 aliphatic heterocycles. The molecule has 1 aromatic heterocycles. The van der Waals surface area contributed by atoms with Crippen LogP contribution in [0, 0.1) is 6.92 Å². The zero-order chi connectivity index (χ0) is 12.1. The van der Waals surface area contributed by atoms with Crippen LogP contribution in [-0.4, -0.2) is 34.3 Å². The van der Waals surface area contributed by atoms with Crippen LogP contribution in [0.5, 0.6) is 0 Å². The van der Waals surface area contributed by atoms with Crippen LogP contribution >= 0.6 is 11.6 Å². The summed E-state index contributed by atoms with van der Waals surface area (Å²) in [6, 6.07) is 0.316. The van der Waals surface area contributed by atoms with Gasteiger partial charge in [-0.3, -0.25) is 0 Å². The Morgan fingerprint density at radius 2 is 2.12 bits per heavy atom. The zero-order valence-corrected chi connectivity index (χ0v) is 10.7. The fraction of sp³-hybridized carbons (Fsp3) is 0.636. The predicted octanol–water partition coefficient (Wildman–Crippen LogP) is 2.04. The number of anilines is 1. The van der Waals surface area contributed by atoms with Gasteiger partial charge in [0.1, 0.15) is 17.3 Å². The Hall–Kier alpha value is -0.870. The first kappa shape index (κ1) is 13.2. The van der Waals surface area contributed by atoms with E-state index < -0.39 is 0 Å². The molecule has 0 saturated heterocycles. The van der Waals surface area contributed by atoms with E-state index in [-0.39, 0.29) is 6.61 Å². The largest absolute Gasteiger partial charge is 0.396 e. The Morgan fingerprint density at radius 1 is 1.44 bits per heavy atom. The molecule has 4 nitrogen and oxygen atoms in total. The molecule has 1 N–H and O–H groups in total. The quantitative estimate of drug-likeness (QED) is 0.804. The number of aromatic nitrogens is 2. The number of nitrogens with zero attached hydrogens (tertiary/aromatic N) is 3. The van der Waals surface area contributed by atoms with E-state index in [0.717, 1.165) is 24.3 Å². The minimum atomic E-state index is 0.182. The first-order valence-corrected chi connectivity index (χ1v) is 5.80. The van der Waals surface area contributed by atoms with Crippen molar-refractivity contribution < 1.29 is 5.11 Å². The van der Waals surface area contributed by atoms with Crippen molar-refractivity contribution in [1.29, 1.82) is 0 Å². The van der Waals surface area contributed by atoms with Crippen LogP contribution in [0.3, 0.4) is 0 Å². The van der Waals surface area contributed by atoms with Crippen molar-refractivity contribution in [2.24, 2.45) is 0 Å². The molecule has 0 unspecified atom stereocenters. The number of hydrogen-bond acceptors (Lipinski definition) is 4. The van der Waals surface area contributed by atoms with E-state index in [1.165, 1.54) is 6.33 Å². The van der Waals surface area contributed by atoms with E-state index in [0.29, 0.717) is 11.2 Å². The highest BCUT2D eigenvalue weighted by Crippen LogP contribution is 2.23. The van der Waals surface area contributed by atoms with Gasteiger partial charge in [-0.2, -0.15) is 0 Å². The molecule has 0 saturated carbocycles. The van der Waals surface area contributed by atoms with Crippen molar-refractivity contribution in [3.63, 3.8) is 0 Å². The molecule has 0 atom stereocenters. The summed E-state index contributed by atoms with van der Waals surface area (Å²) >= 11 is 5.97. The number of rotatable bonds is 5. The third-order valence-electron chi connectivity index (χ3n) is 2.45. The highest BCUT2D eigenvalue weighted by Gasteiger charge is 2.15. The summed E-state index contributed by atoms with van der Waals surface area (Å²) < 4.78 is 0. The molecule has 0 aliphatic rings. The normalized spacial score (nSPS) is 10.9. The third kappa shape index (κ3) is 3.06. The van der Waals surface area contributed by atoms with E-state index in [1.807, 2.05) is 6.92 Å². The molecule has 5 heteroatoms. The summed E-state index contributed by atoms with van der Waals surface area (Å²) in [4.78, 5) is 10.3. The Bertz CT molecular complexity index is 344. The van der Waals surface area contributed by atoms with Crippen LogP contribution in [0.25, 0.3) is 0 Å². The number of aliphatic hydroxyl groups excluding tert-OH is 1. The summed E-state index contributed by atoms with van der Waals surface area (Å²) in [5.41, 5.74) is 0.885. The van der Waals surface area contributed by atoms with Crippen LogP contribution in [0.4, 0.5) is 5.82 Å². The molecular formula is C11H18ClN3O. The minimum Gasteiger partial charge on any atom is -0.396 e. The van der Waals surface area contributed by atoms with Crippen LogP contribution < -0.4 is 4.90 Å². The summed E-state index contributed by atoms with van der Waals surface area (Å²) in [6.45, 7) is 7.04. The van der Waals surface area contributed by atoms with Gasteiger partial charge in [0.15, 0.2) is 0 Å². The molecule has 1 heterocycles. The SMILES string of the molecule is Cc1c(Cl)ncnc1N(CCCO)C(C)C. The Morgan fingerprint density at radius 3 is 2.69 bits per heavy atom. The predicted molar refractivity (Wildman–Crippen MR) is 66.0 cm³/mol. The van der Waals surface area contributed by atoms with Crippen molar-refractivity contribution >= 4 is 17.4 Å². The Kier molecular flexibility index (Phi) is 4.96. The second-order valence-corrected chi connectivity index (χ2v) is 4.34. The monoisotopic (exact) mass is 243 g/mol. The maximum absolute atomic E-state index is 8.88. The fourth-order valence-electron chi connectivity index (χ4n) is 1.56. The summed E-state index contributed by atoms with van der Waals surface area (Å²) in [5.74, 6) is 0.850. The van der Waals surface area contributed by atoms with Gasteiger partial charge < -0.3 is 10.0 Å². The molecule has 1 aromatic rings. The van der Waals surface area contributed by atoms with E-state index in [2.05, 4.69) is 28.7 Å². The van der Waals surface area contributed by atoms with E-state index in [9.17, 15) is 0 Å². The molecule has 0 amide bonds. The van der Waals surface area contributed by atoms with E-state index in [1.54, 1.807) is 0 Å². The van der Waals surface area contributed by atoms with Gasteiger partial charge in [0.25, 0.3) is 0 Å².